The number of amides is 1. The molecule has 1 aromatic heterocycles. The van der Waals surface area contributed by atoms with Gasteiger partial charge in [0.2, 0.25) is 0 Å². The van der Waals surface area contributed by atoms with E-state index in [0.29, 0.717) is 6.54 Å². The second-order valence-corrected chi connectivity index (χ2v) is 8.11. The number of methoxy groups -OCH3 is 1. The van der Waals surface area contributed by atoms with Crippen LogP contribution in [-0.4, -0.2) is 58.8 Å². The van der Waals surface area contributed by atoms with Crippen LogP contribution in [0.2, 0.25) is 0 Å². The van der Waals surface area contributed by atoms with E-state index in [4.69, 9.17) is 4.74 Å². The summed E-state index contributed by atoms with van der Waals surface area (Å²) in [6.07, 6.45) is 0. The summed E-state index contributed by atoms with van der Waals surface area (Å²) in [5, 5.41) is 4.65. The molecule has 0 N–H and O–H groups in total. The van der Waals surface area contributed by atoms with Crippen molar-refractivity contribution in [1.82, 2.24) is 19.6 Å². The molecular weight excluding hydrogens is 388 g/mol. The lowest BCUT2D eigenvalue weighted by molar-refractivity contribution is 0.0627. The van der Waals surface area contributed by atoms with E-state index in [1.807, 2.05) is 53.8 Å². The zero-order chi connectivity index (χ0) is 21.8. The Morgan fingerprint density at radius 2 is 1.55 bits per heavy atom. The highest BCUT2D eigenvalue weighted by molar-refractivity contribution is 5.96. The lowest BCUT2D eigenvalue weighted by atomic mass is 10.1. The number of carbonyl (C=O) groups is 1. The number of carbonyl (C=O) groups excluding carboxylic acids is 1. The van der Waals surface area contributed by atoms with Gasteiger partial charge in [0.25, 0.3) is 5.91 Å². The topological polar surface area (TPSA) is 50.6 Å². The van der Waals surface area contributed by atoms with E-state index < -0.39 is 0 Å². The Morgan fingerprint density at radius 1 is 0.903 bits per heavy atom. The molecule has 1 aliphatic rings. The first-order valence-corrected chi connectivity index (χ1v) is 10.8. The van der Waals surface area contributed by atoms with E-state index in [1.54, 1.807) is 7.11 Å². The Morgan fingerprint density at radius 3 is 2.19 bits per heavy atom. The third kappa shape index (κ3) is 4.80. The van der Waals surface area contributed by atoms with Gasteiger partial charge < -0.3 is 9.64 Å². The summed E-state index contributed by atoms with van der Waals surface area (Å²) in [5.74, 6) is 0.969. The minimum absolute atomic E-state index is 0.0957. The molecule has 2 heterocycles. The first-order chi connectivity index (χ1) is 15.0. The van der Waals surface area contributed by atoms with E-state index in [0.717, 1.165) is 55.4 Å². The van der Waals surface area contributed by atoms with Crippen molar-refractivity contribution in [2.75, 3.05) is 33.3 Å². The van der Waals surface area contributed by atoms with Crippen LogP contribution in [0, 0.1) is 13.8 Å². The van der Waals surface area contributed by atoms with Crippen molar-refractivity contribution >= 4 is 5.91 Å². The lowest BCUT2D eigenvalue weighted by Gasteiger charge is -2.34. The van der Waals surface area contributed by atoms with Crippen LogP contribution in [0.4, 0.5) is 0 Å². The molecule has 6 nitrogen and oxygen atoms in total. The van der Waals surface area contributed by atoms with Gasteiger partial charge in [0, 0.05) is 38.4 Å². The number of aromatic nitrogens is 2. The molecule has 2 aromatic carbocycles. The predicted molar refractivity (Wildman–Crippen MR) is 121 cm³/mol. The van der Waals surface area contributed by atoms with Crippen molar-refractivity contribution < 1.29 is 9.53 Å². The first kappa shape index (κ1) is 21.1. The summed E-state index contributed by atoms with van der Waals surface area (Å²) in [6, 6.07) is 18.4. The fourth-order valence-corrected chi connectivity index (χ4v) is 4.17. The Balaban J connectivity index is 1.38. The summed E-state index contributed by atoms with van der Waals surface area (Å²) < 4.78 is 7.17. The van der Waals surface area contributed by atoms with Crippen LogP contribution >= 0.6 is 0 Å². The molecule has 0 radical (unpaired) electrons. The van der Waals surface area contributed by atoms with E-state index >= 15 is 0 Å². The number of ether oxygens (including phenoxy) is 1. The molecule has 0 spiro atoms. The third-order valence-corrected chi connectivity index (χ3v) is 6.00. The molecule has 0 aliphatic carbocycles. The predicted octanol–water partition coefficient (Wildman–Crippen LogP) is 3.51. The van der Waals surface area contributed by atoms with Crippen LogP contribution in [-0.2, 0) is 13.1 Å². The van der Waals surface area contributed by atoms with Crippen molar-refractivity contribution in [3.63, 3.8) is 0 Å². The summed E-state index contributed by atoms with van der Waals surface area (Å²) in [4.78, 5) is 17.6. The van der Waals surface area contributed by atoms with Gasteiger partial charge in [0.05, 0.1) is 24.9 Å². The van der Waals surface area contributed by atoms with Crippen LogP contribution < -0.4 is 4.74 Å². The second kappa shape index (κ2) is 9.35. The van der Waals surface area contributed by atoms with Gasteiger partial charge in [0.15, 0.2) is 0 Å². The maximum absolute atomic E-state index is 13.3. The van der Waals surface area contributed by atoms with Crippen molar-refractivity contribution in [3.05, 3.63) is 82.7 Å². The molecule has 1 amide bonds. The van der Waals surface area contributed by atoms with Crippen LogP contribution in [0.5, 0.6) is 5.75 Å². The summed E-state index contributed by atoms with van der Waals surface area (Å²) in [7, 11) is 1.68. The van der Waals surface area contributed by atoms with Crippen LogP contribution in [0.1, 0.15) is 32.9 Å². The van der Waals surface area contributed by atoms with Gasteiger partial charge in [-0.15, -0.1) is 0 Å². The van der Waals surface area contributed by atoms with Crippen molar-refractivity contribution in [2.45, 2.75) is 26.9 Å². The minimum Gasteiger partial charge on any atom is -0.497 e. The van der Waals surface area contributed by atoms with Crippen molar-refractivity contribution in [1.29, 1.82) is 0 Å². The number of rotatable bonds is 6. The Kier molecular flexibility index (Phi) is 6.37. The quantitative estimate of drug-likeness (QED) is 0.615. The molecular formula is C25H30N4O2. The molecule has 162 valence electrons. The van der Waals surface area contributed by atoms with Gasteiger partial charge >= 0.3 is 0 Å². The van der Waals surface area contributed by atoms with Gasteiger partial charge in [0.1, 0.15) is 5.75 Å². The van der Waals surface area contributed by atoms with Crippen LogP contribution in [0.15, 0.2) is 54.6 Å². The average Bonchev–Trinajstić information content (AvgIpc) is 3.07. The smallest absolute Gasteiger partial charge is 0.257 e. The largest absolute Gasteiger partial charge is 0.497 e. The highest BCUT2D eigenvalue weighted by atomic mass is 16.5. The molecule has 1 saturated heterocycles. The van der Waals surface area contributed by atoms with Crippen molar-refractivity contribution in [3.8, 4) is 5.75 Å². The van der Waals surface area contributed by atoms with Crippen LogP contribution in [0.3, 0.4) is 0 Å². The summed E-state index contributed by atoms with van der Waals surface area (Å²) in [6.45, 7) is 8.70. The van der Waals surface area contributed by atoms with E-state index in [1.165, 1.54) is 11.1 Å². The number of piperazine rings is 1. The first-order valence-electron chi connectivity index (χ1n) is 10.8. The SMILES string of the molecule is COc1ccc(CN2CCN(C(=O)c3c(C)nn(Cc4ccccc4)c3C)CC2)cc1. The second-order valence-electron chi connectivity index (χ2n) is 8.11. The molecule has 1 aliphatic heterocycles. The summed E-state index contributed by atoms with van der Waals surface area (Å²) >= 11 is 0. The maximum atomic E-state index is 13.3. The Labute approximate surface area is 184 Å². The Bertz CT molecular complexity index is 1020. The van der Waals surface area contributed by atoms with E-state index in [2.05, 4.69) is 34.3 Å². The van der Waals surface area contributed by atoms with Gasteiger partial charge in [-0.05, 0) is 37.1 Å². The molecule has 3 aromatic rings. The van der Waals surface area contributed by atoms with Crippen LogP contribution in [0.25, 0.3) is 0 Å². The monoisotopic (exact) mass is 418 g/mol. The van der Waals surface area contributed by atoms with E-state index in [9.17, 15) is 4.79 Å². The lowest BCUT2D eigenvalue weighted by Crippen LogP contribution is -2.48. The zero-order valence-electron chi connectivity index (χ0n) is 18.5. The number of nitrogens with zero attached hydrogens (tertiary/aromatic N) is 4. The number of aryl methyl sites for hydroxylation is 1. The number of benzene rings is 2. The number of hydrogen-bond donors (Lipinski definition) is 0. The standard InChI is InChI=1S/C25H30N4O2/c1-19-24(20(2)29(26-19)18-21-7-5-4-6-8-21)25(30)28-15-13-27(14-16-28)17-22-9-11-23(31-3)12-10-22/h4-12H,13-18H2,1-3H3. The molecule has 0 unspecified atom stereocenters. The molecule has 1 fully saturated rings. The van der Waals surface area contributed by atoms with E-state index in [-0.39, 0.29) is 5.91 Å². The molecule has 6 heteroatoms. The maximum Gasteiger partial charge on any atom is 0.257 e. The molecule has 31 heavy (non-hydrogen) atoms. The third-order valence-electron chi connectivity index (χ3n) is 6.00. The molecule has 4 rings (SSSR count). The summed E-state index contributed by atoms with van der Waals surface area (Å²) in [5.41, 5.74) is 4.93. The Hall–Kier alpha value is -3.12. The van der Waals surface area contributed by atoms with Gasteiger partial charge in [-0.25, -0.2) is 0 Å². The molecule has 0 saturated carbocycles. The fraction of sp³-hybridized carbons (Fsp3) is 0.360. The number of hydrogen-bond acceptors (Lipinski definition) is 4. The highest BCUT2D eigenvalue weighted by Crippen LogP contribution is 2.19. The molecule has 0 atom stereocenters. The normalized spacial score (nSPS) is 14.6. The average molecular weight is 419 g/mol. The van der Waals surface area contributed by atoms with Crippen molar-refractivity contribution in [2.24, 2.45) is 0 Å². The van der Waals surface area contributed by atoms with Gasteiger partial charge in [-0.1, -0.05) is 42.5 Å². The van der Waals surface area contributed by atoms with Gasteiger partial charge in [-0.2, -0.15) is 5.10 Å². The van der Waals surface area contributed by atoms with Gasteiger partial charge in [-0.3, -0.25) is 14.4 Å². The highest BCUT2D eigenvalue weighted by Gasteiger charge is 2.27. The fourth-order valence-electron chi connectivity index (χ4n) is 4.17. The molecule has 0 bridgehead atoms. The minimum atomic E-state index is 0.0957. The zero-order valence-corrected chi connectivity index (χ0v) is 18.5.